The molecule has 116 valence electrons. The Balaban J connectivity index is 2.42. The second-order valence-electron chi connectivity index (χ2n) is 5.49. The number of thiophene rings is 1. The Morgan fingerprint density at radius 3 is 2.81 bits per heavy atom. The fraction of sp³-hybridized carbons (Fsp3) is 0.643. The standard InChI is InChI=1S/C14H21N3O3S/c1-4-11-9-15(3)6-5-7-16(11)14-12(17(19)20)8-13(21-14)10(2)18/h8,11H,4-7,9H2,1-3H3. The zero-order chi connectivity index (χ0) is 15.6. The summed E-state index contributed by atoms with van der Waals surface area (Å²) in [5.74, 6) is -0.116. The van der Waals surface area contributed by atoms with Gasteiger partial charge in [0.1, 0.15) is 0 Å². The number of hydrogen-bond donors (Lipinski definition) is 0. The van der Waals surface area contributed by atoms with E-state index in [1.54, 1.807) is 0 Å². The number of rotatable bonds is 4. The summed E-state index contributed by atoms with van der Waals surface area (Å²) < 4.78 is 0. The number of Topliss-reactive ketones (excluding diaryl/α,β-unsaturated/α-hetero) is 1. The van der Waals surface area contributed by atoms with Gasteiger partial charge in [0, 0.05) is 25.2 Å². The molecule has 1 saturated heterocycles. The van der Waals surface area contributed by atoms with Crippen LogP contribution in [0.2, 0.25) is 0 Å². The Morgan fingerprint density at radius 1 is 1.52 bits per heavy atom. The van der Waals surface area contributed by atoms with Crippen molar-refractivity contribution in [1.29, 1.82) is 0 Å². The fourth-order valence-electron chi connectivity index (χ4n) is 2.74. The predicted octanol–water partition coefficient (Wildman–Crippen LogP) is 2.78. The van der Waals surface area contributed by atoms with Gasteiger partial charge in [-0.15, -0.1) is 11.3 Å². The highest BCUT2D eigenvalue weighted by Gasteiger charge is 2.30. The number of anilines is 1. The minimum Gasteiger partial charge on any atom is -0.353 e. The van der Waals surface area contributed by atoms with Gasteiger partial charge in [-0.3, -0.25) is 14.9 Å². The number of likely N-dealkylation sites (N-methyl/N-ethyl adjacent to an activating group) is 1. The summed E-state index contributed by atoms with van der Waals surface area (Å²) in [4.78, 5) is 27.3. The van der Waals surface area contributed by atoms with E-state index in [-0.39, 0.29) is 22.4 Å². The molecule has 0 aromatic carbocycles. The van der Waals surface area contributed by atoms with Gasteiger partial charge in [-0.25, -0.2) is 0 Å². The number of carbonyl (C=O) groups is 1. The van der Waals surface area contributed by atoms with Gasteiger partial charge in [0.25, 0.3) is 0 Å². The molecular formula is C14H21N3O3S. The average molecular weight is 311 g/mol. The van der Waals surface area contributed by atoms with Crippen LogP contribution < -0.4 is 4.90 Å². The van der Waals surface area contributed by atoms with Crippen LogP contribution in [0.4, 0.5) is 10.7 Å². The number of hydrogen-bond acceptors (Lipinski definition) is 6. The Morgan fingerprint density at radius 2 is 2.24 bits per heavy atom. The summed E-state index contributed by atoms with van der Waals surface area (Å²) in [5, 5.41) is 11.9. The van der Waals surface area contributed by atoms with Crippen molar-refractivity contribution in [2.75, 3.05) is 31.6 Å². The maximum atomic E-state index is 11.5. The molecule has 7 heteroatoms. The molecule has 1 fully saturated rings. The van der Waals surface area contributed by atoms with Gasteiger partial charge in [-0.05, 0) is 33.4 Å². The number of nitro groups is 1. The SMILES string of the molecule is CCC1CN(C)CCCN1c1sc(C(C)=O)cc1[N+](=O)[O-]. The molecule has 0 bridgehead atoms. The fourth-order valence-corrected chi connectivity index (χ4v) is 3.86. The van der Waals surface area contributed by atoms with Crippen molar-refractivity contribution in [3.63, 3.8) is 0 Å². The molecule has 0 spiro atoms. The van der Waals surface area contributed by atoms with Crippen LogP contribution in [0.15, 0.2) is 6.07 Å². The summed E-state index contributed by atoms with van der Waals surface area (Å²) in [7, 11) is 2.08. The number of ketones is 1. The Kier molecular flexibility index (Phi) is 4.95. The van der Waals surface area contributed by atoms with E-state index < -0.39 is 0 Å². The summed E-state index contributed by atoms with van der Waals surface area (Å²) >= 11 is 1.25. The lowest BCUT2D eigenvalue weighted by Gasteiger charge is -2.30. The molecule has 2 heterocycles. The molecule has 21 heavy (non-hydrogen) atoms. The van der Waals surface area contributed by atoms with Gasteiger partial charge in [0.2, 0.25) is 0 Å². The third-order valence-corrected chi connectivity index (χ3v) is 5.13. The predicted molar refractivity (Wildman–Crippen MR) is 84.5 cm³/mol. The normalized spacial score (nSPS) is 20.3. The lowest BCUT2D eigenvalue weighted by Crippen LogP contribution is -2.39. The van der Waals surface area contributed by atoms with Crippen molar-refractivity contribution < 1.29 is 9.72 Å². The number of carbonyl (C=O) groups excluding carboxylic acids is 1. The molecule has 1 unspecified atom stereocenters. The van der Waals surface area contributed by atoms with Gasteiger partial charge in [0.05, 0.1) is 9.80 Å². The molecule has 0 amide bonds. The van der Waals surface area contributed by atoms with Crippen molar-refractivity contribution >= 4 is 27.8 Å². The van der Waals surface area contributed by atoms with E-state index in [2.05, 4.69) is 23.8 Å². The van der Waals surface area contributed by atoms with Gasteiger partial charge in [-0.1, -0.05) is 6.92 Å². The monoisotopic (exact) mass is 311 g/mol. The lowest BCUT2D eigenvalue weighted by atomic mass is 10.2. The topological polar surface area (TPSA) is 66.7 Å². The highest BCUT2D eigenvalue weighted by Crippen LogP contribution is 2.39. The minimum atomic E-state index is -0.375. The van der Waals surface area contributed by atoms with E-state index in [1.807, 2.05) is 0 Å². The molecule has 0 saturated carbocycles. The van der Waals surface area contributed by atoms with Crippen molar-refractivity contribution in [3.05, 3.63) is 21.1 Å². The Bertz CT molecular complexity index is 544. The smallest absolute Gasteiger partial charge is 0.304 e. The average Bonchev–Trinajstić information content (AvgIpc) is 2.78. The second-order valence-corrected chi connectivity index (χ2v) is 6.52. The summed E-state index contributed by atoms with van der Waals surface area (Å²) in [6, 6.07) is 1.67. The third kappa shape index (κ3) is 3.41. The molecule has 2 rings (SSSR count). The zero-order valence-electron chi connectivity index (χ0n) is 12.7. The molecular weight excluding hydrogens is 290 g/mol. The van der Waals surface area contributed by atoms with Crippen LogP contribution in [0, 0.1) is 10.1 Å². The summed E-state index contributed by atoms with van der Waals surface area (Å²) in [5.41, 5.74) is 0.0632. The lowest BCUT2D eigenvalue weighted by molar-refractivity contribution is -0.383. The maximum absolute atomic E-state index is 11.5. The van der Waals surface area contributed by atoms with E-state index in [4.69, 9.17) is 0 Å². The first kappa shape index (κ1) is 15.9. The van der Waals surface area contributed by atoms with E-state index in [1.165, 1.54) is 24.3 Å². The highest BCUT2D eigenvalue weighted by atomic mass is 32.1. The molecule has 1 aromatic rings. The summed E-state index contributed by atoms with van der Waals surface area (Å²) in [6.45, 7) is 6.23. The third-order valence-electron chi connectivity index (χ3n) is 3.87. The quantitative estimate of drug-likeness (QED) is 0.486. The number of nitrogens with zero attached hydrogens (tertiary/aromatic N) is 3. The van der Waals surface area contributed by atoms with Crippen LogP contribution in [0.25, 0.3) is 0 Å². The van der Waals surface area contributed by atoms with Crippen molar-refractivity contribution in [2.24, 2.45) is 0 Å². The first-order valence-electron chi connectivity index (χ1n) is 7.18. The van der Waals surface area contributed by atoms with Crippen LogP contribution in [0.1, 0.15) is 36.4 Å². The molecule has 6 nitrogen and oxygen atoms in total. The Hall–Kier alpha value is -1.47. The van der Waals surface area contributed by atoms with Crippen LogP contribution >= 0.6 is 11.3 Å². The van der Waals surface area contributed by atoms with Crippen LogP contribution in [-0.2, 0) is 0 Å². The molecule has 0 aliphatic carbocycles. The van der Waals surface area contributed by atoms with E-state index in [9.17, 15) is 14.9 Å². The van der Waals surface area contributed by atoms with Crippen molar-refractivity contribution in [3.8, 4) is 0 Å². The van der Waals surface area contributed by atoms with Gasteiger partial charge < -0.3 is 9.80 Å². The van der Waals surface area contributed by atoms with Crippen molar-refractivity contribution in [2.45, 2.75) is 32.7 Å². The Labute approximate surface area is 128 Å². The highest BCUT2D eigenvalue weighted by molar-refractivity contribution is 7.18. The largest absolute Gasteiger partial charge is 0.353 e. The first-order chi connectivity index (χ1) is 9.93. The maximum Gasteiger partial charge on any atom is 0.304 e. The van der Waals surface area contributed by atoms with Crippen molar-refractivity contribution in [1.82, 2.24) is 4.90 Å². The van der Waals surface area contributed by atoms with E-state index in [0.29, 0.717) is 9.88 Å². The minimum absolute atomic E-state index is 0.0632. The molecule has 1 aliphatic heterocycles. The summed E-state index contributed by atoms with van der Waals surface area (Å²) in [6.07, 6.45) is 1.90. The van der Waals surface area contributed by atoms with Crippen LogP contribution in [-0.4, -0.2) is 48.3 Å². The van der Waals surface area contributed by atoms with Crippen LogP contribution in [0.5, 0.6) is 0 Å². The molecule has 0 N–H and O–H groups in total. The van der Waals surface area contributed by atoms with Crippen LogP contribution in [0.3, 0.4) is 0 Å². The first-order valence-corrected chi connectivity index (χ1v) is 8.00. The molecule has 1 atom stereocenters. The molecule has 0 radical (unpaired) electrons. The van der Waals surface area contributed by atoms with E-state index >= 15 is 0 Å². The second kappa shape index (κ2) is 6.53. The zero-order valence-corrected chi connectivity index (χ0v) is 13.5. The molecule has 1 aromatic heterocycles. The van der Waals surface area contributed by atoms with E-state index in [0.717, 1.165) is 32.5 Å². The van der Waals surface area contributed by atoms with Gasteiger partial charge in [-0.2, -0.15) is 0 Å². The van der Waals surface area contributed by atoms with Gasteiger partial charge in [0.15, 0.2) is 10.8 Å². The molecule has 1 aliphatic rings. The van der Waals surface area contributed by atoms with Gasteiger partial charge >= 0.3 is 5.69 Å².